The van der Waals surface area contributed by atoms with Gasteiger partial charge in [0.2, 0.25) is 10.0 Å². The zero-order valence-electron chi connectivity index (χ0n) is 18.6. The molecule has 7 nitrogen and oxygen atoms in total. The Morgan fingerprint density at radius 1 is 1.00 bits per heavy atom. The number of benzene rings is 3. The van der Waals surface area contributed by atoms with Gasteiger partial charge in [-0.25, -0.2) is 12.8 Å². The second-order valence-electron chi connectivity index (χ2n) is 7.94. The lowest BCUT2D eigenvalue weighted by molar-refractivity contribution is 0.370. The average Bonchev–Trinajstić information content (AvgIpc) is 3.25. The lowest BCUT2D eigenvalue weighted by Gasteiger charge is -2.24. The number of sulfonamides is 2. The number of hydrogen-bond donors (Lipinski definition) is 1. The smallest absolute Gasteiger partial charge is 0.279 e. The molecular weight excluding hydrogens is 477 g/mol. The van der Waals surface area contributed by atoms with Crippen LogP contribution >= 0.6 is 0 Å². The first-order chi connectivity index (χ1) is 16.1. The Morgan fingerprint density at radius 3 is 2.44 bits per heavy atom. The highest BCUT2D eigenvalue weighted by Gasteiger charge is 2.38. The molecule has 178 valence electrons. The van der Waals surface area contributed by atoms with Gasteiger partial charge in [-0.15, -0.1) is 0 Å². The molecule has 0 aliphatic carbocycles. The summed E-state index contributed by atoms with van der Waals surface area (Å²) < 4.78 is 68.4. The van der Waals surface area contributed by atoms with Crippen LogP contribution < -0.4 is 4.72 Å². The minimum atomic E-state index is -4.16. The van der Waals surface area contributed by atoms with E-state index in [2.05, 4.69) is 9.82 Å². The molecular formula is C24H24FN3O4S2. The fourth-order valence-corrected chi connectivity index (χ4v) is 5.91. The number of rotatable bonds is 7. The molecule has 1 aliphatic rings. The van der Waals surface area contributed by atoms with Gasteiger partial charge in [0.15, 0.2) is 0 Å². The molecule has 34 heavy (non-hydrogen) atoms. The van der Waals surface area contributed by atoms with Gasteiger partial charge in [-0.05, 0) is 60.9 Å². The summed E-state index contributed by atoms with van der Waals surface area (Å²) in [5, 5.41) is 4.46. The third kappa shape index (κ3) is 4.83. The lowest BCUT2D eigenvalue weighted by atomic mass is 9.96. The summed E-state index contributed by atoms with van der Waals surface area (Å²) in [6, 6.07) is 18.3. The van der Waals surface area contributed by atoms with Crippen LogP contribution in [-0.2, 0) is 20.0 Å². The molecule has 1 atom stereocenters. The van der Waals surface area contributed by atoms with Crippen LogP contribution in [0.5, 0.6) is 0 Å². The summed E-state index contributed by atoms with van der Waals surface area (Å²) in [5.74, 6) is -0.736. The Bertz CT molecular complexity index is 1470. The van der Waals surface area contributed by atoms with Crippen molar-refractivity contribution in [1.29, 1.82) is 0 Å². The molecule has 0 saturated heterocycles. The molecule has 0 saturated carbocycles. The first kappa shape index (κ1) is 23.9. The van der Waals surface area contributed by atoms with Crippen LogP contribution in [0.1, 0.15) is 36.1 Å². The second kappa shape index (κ2) is 9.19. The Hall–Kier alpha value is -3.24. The molecule has 4 rings (SSSR count). The molecule has 0 fully saturated rings. The van der Waals surface area contributed by atoms with Gasteiger partial charge in [0.05, 0.1) is 22.4 Å². The highest BCUT2D eigenvalue weighted by molar-refractivity contribution is 7.92. The number of anilines is 1. The van der Waals surface area contributed by atoms with Crippen molar-refractivity contribution in [3.05, 3.63) is 95.3 Å². The minimum Gasteiger partial charge on any atom is -0.284 e. The van der Waals surface area contributed by atoms with Gasteiger partial charge >= 0.3 is 0 Å². The van der Waals surface area contributed by atoms with Crippen LogP contribution in [0.4, 0.5) is 10.1 Å². The monoisotopic (exact) mass is 501 g/mol. The van der Waals surface area contributed by atoms with Crippen molar-refractivity contribution in [3.8, 4) is 0 Å². The number of hydrazone groups is 1. The van der Waals surface area contributed by atoms with Crippen LogP contribution in [-0.4, -0.2) is 32.7 Å². The fraction of sp³-hybridized carbons (Fsp3) is 0.208. The summed E-state index contributed by atoms with van der Waals surface area (Å²) in [7, 11) is -7.64. The Kier molecular flexibility index (Phi) is 6.46. The van der Waals surface area contributed by atoms with Crippen LogP contribution in [0.3, 0.4) is 0 Å². The van der Waals surface area contributed by atoms with E-state index in [1.165, 1.54) is 25.1 Å². The summed E-state index contributed by atoms with van der Waals surface area (Å²) in [6.07, 6.45) is 0.267. The molecule has 0 radical (unpaired) electrons. The first-order valence-electron chi connectivity index (χ1n) is 10.6. The minimum absolute atomic E-state index is 0.0762. The quantitative estimate of drug-likeness (QED) is 0.518. The van der Waals surface area contributed by atoms with Gasteiger partial charge in [0.25, 0.3) is 10.0 Å². The van der Waals surface area contributed by atoms with E-state index in [0.29, 0.717) is 17.0 Å². The number of aryl methyl sites for hydroxylation is 1. The molecule has 3 aromatic rings. The molecule has 3 aromatic carbocycles. The van der Waals surface area contributed by atoms with Gasteiger partial charge in [0, 0.05) is 12.1 Å². The highest BCUT2D eigenvalue weighted by atomic mass is 32.2. The summed E-state index contributed by atoms with van der Waals surface area (Å²) in [4.78, 5) is -0.194. The number of hydrogen-bond acceptors (Lipinski definition) is 5. The fourth-order valence-electron chi connectivity index (χ4n) is 3.83. The summed E-state index contributed by atoms with van der Waals surface area (Å²) in [5.41, 5.74) is 3.11. The van der Waals surface area contributed by atoms with Crippen molar-refractivity contribution >= 4 is 31.4 Å². The van der Waals surface area contributed by atoms with E-state index >= 15 is 0 Å². The number of nitrogens with one attached hydrogen (secondary N) is 1. The molecule has 1 aliphatic heterocycles. The van der Waals surface area contributed by atoms with E-state index in [0.717, 1.165) is 21.6 Å². The SMILES string of the molecule is CCS(=O)(=O)Nc1cccc(C2=NN(S(=O)(=O)c3cccc(F)c3)C(c3ccccc3C)C2)c1. The maximum atomic E-state index is 13.8. The Balaban J connectivity index is 1.79. The predicted molar refractivity (Wildman–Crippen MR) is 130 cm³/mol. The predicted octanol–water partition coefficient (Wildman–Crippen LogP) is 4.44. The van der Waals surface area contributed by atoms with Crippen molar-refractivity contribution < 1.29 is 21.2 Å². The molecule has 0 aromatic heterocycles. The number of nitrogens with zero attached hydrogens (tertiary/aromatic N) is 2. The van der Waals surface area contributed by atoms with E-state index < -0.39 is 31.9 Å². The van der Waals surface area contributed by atoms with Crippen molar-refractivity contribution in [3.63, 3.8) is 0 Å². The van der Waals surface area contributed by atoms with Crippen LogP contribution in [0.25, 0.3) is 0 Å². The van der Waals surface area contributed by atoms with Crippen LogP contribution in [0.2, 0.25) is 0 Å². The van der Waals surface area contributed by atoms with Crippen molar-refractivity contribution in [2.45, 2.75) is 31.2 Å². The zero-order chi connectivity index (χ0) is 24.5. The van der Waals surface area contributed by atoms with Gasteiger partial charge in [-0.3, -0.25) is 4.72 Å². The van der Waals surface area contributed by atoms with Crippen LogP contribution in [0, 0.1) is 12.7 Å². The third-order valence-electron chi connectivity index (χ3n) is 5.61. The van der Waals surface area contributed by atoms with Gasteiger partial charge in [-0.1, -0.05) is 42.5 Å². The molecule has 1 heterocycles. The maximum absolute atomic E-state index is 13.8. The molecule has 10 heteroatoms. The highest BCUT2D eigenvalue weighted by Crippen LogP contribution is 2.38. The van der Waals surface area contributed by atoms with E-state index in [9.17, 15) is 21.2 Å². The van der Waals surface area contributed by atoms with E-state index in [4.69, 9.17) is 0 Å². The van der Waals surface area contributed by atoms with E-state index in [1.807, 2.05) is 31.2 Å². The van der Waals surface area contributed by atoms with Gasteiger partial charge < -0.3 is 0 Å². The largest absolute Gasteiger partial charge is 0.284 e. The molecule has 0 spiro atoms. The molecule has 0 amide bonds. The molecule has 1 N–H and O–H groups in total. The number of halogens is 1. The second-order valence-corrected chi connectivity index (χ2v) is 11.8. The lowest BCUT2D eigenvalue weighted by Crippen LogP contribution is -2.27. The van der Waals surface area contributed by atoms with Gasteiger partial charge in [0.1, 0.15) is 5.82 Å². The molecule has 0 bridgehead atoms. The Morgan fingerprint density at radius 2 is 1.74 bits per heavy atom. The van der Waals surface area contributed by atoms with E-state index in [1.54, 1.807) is 24.3 Å². The third-order valence-corrected chi connectivity index (χ3v) is 8.59. The summed E-state index contributed by atoms with van der Waals surface area (Å²) in [6.45, 7) is 3.43. The normalized spacial score (nSPS) is 16.4. The maximum Gasteiger partial charge on any atom is 0.279 e. The summed E-state index contributed by atoms with van der Waals surface area (Å²) >= 11 is 0. The first-order valence-corrected chi connectivity index (χ1v) is 13.7. The van der Waals surface area contributed by atoms with Crippen molar-refractivity contribution in [2.24, 2.45) is 5.10 Å². The van der Waals surface area contributed by atoms with E-state index in [-0.39, 0.29) is 17.1 Å². The zero-order valence-corrected chi connectivity index (χ0v) is 20.3. The topological polar surface area (TPSA) is 95.9 Å². The van der Waals surface area contributed by atoms with Gasteiger partial charge in [-0.2, -0.15) is 17.9 Å². The van der Waals surface area contributed by atoms with Crippen molar-refractivity contribution in [2.75, 3.05) is 10.5 Å². The molecule has 1 unspecified atom stereocenters. The van der Waals surface area contributed by atoms with Crippen LogP contribution in [0.15, 0.2) is 82.8 Å². The van der Waals surface area contributed by atoms with Crippen molar-refractivity contribution in [1.82, 2.24) is 4.41 Å². The Labute approximate surface area is 199 Å². The average molecular weight is 502 g/mol. The standard InChI is InChI=1S/C24H24FN3O4S2/c1-3-33(29,30)27-20-11-6-9-18(14-20)23-16-24(22-13-5-4-8-17(22)2)28(26-23)34(31,32)21-12-7-10-19(25)15-21/h4-15,24,27H,3,16H2,1-2H3.